The fraction of sp³-hybridized carbons (Fsp3) is 0.462. The van der Waals surface area contributed by atoms with Crippen molar-refractivity contribution in [3.63, 3.8) is 0 Å². The van der Waals surface area contributed by atoms with E-state index in [1.54, 1.807) is 12.3 Å². The Labute approximate surface area is 107 Å². The smallest absolute Gasteiger partial charge is 0.157 e. The minimum Gasteiger partial charge on any atom is -0.382 e. The number of thioether (sulfide) groups is 1. The quantitative estimate of drug-likeness (QED) is 0.397. The summed E-state index contributed by atoms with van der Waals surface area (Å²) < 4.78 is 12.6. The maximum absolute atomic E-state index is 12.6. The summed E-state index contributed by atoms with van der Waals surface area (Å²) in [4.78, 5) is 13.3. The normalized spacial score (nSPS) is 15.1. The van der Waals surface area contributed by atoms with E-state index in [1.165, 1.54) is 24.8 Å². The number of carbonyl (C=O) groups is 1. The molecule has 0 saturated heterocycles. The third kappa shape index (κ3) is 8.74. The second kappa shape index (κ2) is 9.05. The van der Waals surface area contributed by atoms with E-state index in [0.717, 1.165) is 11.9 Å². The van der Waals surface area contributed by atoms with Crippen LogP contribution in [0.5, 0.6) is 0 Å². The molecule has 0 aromatic carbocycles. The molecule has 4 heteroatoms. The predicted molar refractivity (Wildman–Crippen MR) is 73.8 cm³/mol. The van der Waals surface area contributed by atoms with Crippen LogP contribution in [0.4, 0.5) is 4.39 Å². The molecule has 0 amide bonds. The van der Waals surface area contributed by atoms with Gasteiger partial charge in [0.05, 0.1) is 4.91 Å². The van der Waals surface area contributed by atoms with Gasteiger partial charge in [0.2, 0.25) is 0 Å². The van der Waals surface area contributed by atoms with Crippen LogP contribution >= 0.6 is 11.8 Å². The Bertz CT molecular complexity index is 319. The average molecular weight is 257 g/mol. The van der Waals surface area contributed by atoms with Crippen LogP contribution in [0.25, 0.3) is 0 Å². The van der Waals surface area contributed by atoms with Gasteiger partial charge in [0.15, 0.2) is 6.29 Å². The summed E-state index contributed by atoms with van der Waals surface area (Å²) in [7, 11) is 3.73. The Morgan fingerprint density at radius 2 is 2.12 bits per heavy atom. The highest BCUT2D eigenvalue weighted by atomic mass is 32.2. The zero-order chi connectivity index (χ0) is 13.3. The molecular formula is C13H20FNOS. The van der Waals surface area contributed by atoms with E-state index in [-0.39, 0.29) is 0 Å². The Morgan fingerprint density at radius 3 is 2.53 bits per heavy atom. The van der Waals surface area contributed by atoms with Crippen LogP contribution < -0.4 is 0 Å². The molecule has 0 heterocycles. The van der Waals surface area contributed by atoms with Gasteiger partial charge in [0.25, 0.3) is 0 Å². The van der Waals surface area contributed by atoms with E-state index >= 15 is 0 Å². The van der Waals surface area contributed by atoms with Crippen molar-refractivity contribution >= 4 is 18.0 Å². The van der Waals surface area contributed by atoms with Gasteiger partial charge in [-0.3, -0.25) is 4.79 Å². The number of hydrogen-bond donors (Lipinski definition) is 0. The zero-order valence-corrected chi connectivity index (χ0v) is 11.6. The van der Waals surface area contributed by atoms with E-state index in [4.69, 9.17) is 0 Å². The highest BCUT2D eigenvalue weighted by Gasteiger charge is 2.00. The van der Waals surface area contributed by atoms with Crippen LogP contribution in [0.15, 0.2) is 34.9 Å². The van der Waals surface area contributed by atoms with Crippen LogP contribution in [0.3, 0.4) is 0 Å². The Morgan fingerprint density at radius 1 is 1.47 bits per heavy atom. The molecular weight excluding hydrogens is 237 g/mol. The van der Waals surface area contributed by atoms with E-state index < -0.39 is 6.17 Å². The monoisotopic (exact) mass is 257 g/mol. The van der Waals surface area contributed by atoms with Gasteiger partial charge in [0, 0.05) is 26.0 Å². The molecule has 0 saturated carbocycles. The summed E-state index contributed by atoms with van der Waals surface area (Å²) >= 11 is 1.44. The highest BCUT2D eigenvalue weighted by Crippen LogP contribution is 2.18. The molecule has 0 rings (SSSR count). The number of allylic oxidation sites excluding steroid dienone is 4. The van der Waals surface area contributed by atoms with Gasteiger partial charge in [-0.2, -0.15) is 0 Å². The second-order valence-electron chi connectivity index (χ2n) is 3.80. The SMILES string of the molecule is C/C=C(\C=C/C(C)F)CS/C(C=O)=C\N(C)C. The van der Waals surface area contributed by atoms with Crippen molar-refractivity contribution in [1.29, 1.82) is 0 Å². The summed E-state index contributed by atoms with van der Waals surface area (Å²) in [5, 5.41) is 0. The van der Waals surface area contributed by atoms with E-state index in [1.807, 2.05) is 32.0 Å². The molecule has 0 N–H and O–H groups in total. The maximum Gasteiger partial charge on any atom is 0.157 e. The lowest BCUT2D eigenvalue weighted by Gasteiger charge is -2.07. The predicted octanol–water partition coefficient (Wildman–Crippen LogP) is 3.18. The molecule has 0 spiro atoms. The molecule has 0 bridgehead atoms. The van der Waals surface area contributed by atoms with Crippen molar-refractivity contribution in [1.82, 2.24) is 4.90 Å². The van der Waals surface area contributed by atoms with Crippen molar-refractivity contribution < 1.29 is 9.18 Å². The average Bonchev–Trinajstić information content (AvgIpc) is 2.26. The number of aldehydes is 1. The van der Waals surface area contributed by atoms with Crippen molar-refractivity contribution in [2.75, 3.05) is 19.8 Å². The number of alkyl halides is 1. The molecule has 0 aromatic rings. The molecule has 1 unspecified atom stereocenters. The van der Waals surface area contributed by atoms with Gasteiger partial charge >= 0.3 is 0 Å². The molecule has 0 aliphatic carbocycles. The van der Waals surface area contributed by atoms with E-state index in [0.29, 0.717) is 10.7 Å². The van der Waals surface area contributed by atoms with E-state index in [9.17, 15) is 9.18 Å². The molecule has 0 aromatic heterocycles. The van der Waals surface area contributed by atoms with Gasteiger partial charge < -0.3 is 4.90 Å². The Hall–Kier alpha value is -1.03. The summed E-state index contributed by atoms with van der Waals surface area (Å²) in [5.74, 6) is 0.665. The summed E-state index contributed by atoms with van der Waals surface area (Å²) in [6.07, 6.45) is 6.84. The lowest BCUT2D eigenvalue weighted by Crippen LogP contribution is -2.02. The maximum atomic E-state index is 12.6. The van der Waals surface area contributed by atoms with Gasteiger partial charge in [-0.25, -0.2) is 4.39 Å². The van der Waals surface area contributed by atoms with Crippen LogP contribution in [-0.2, 0) is 4.79 Å². The Balaban J connectivity index is 4.37. The molecule has 0 aliphatic rings. The van der Waals surface area contributed by atoms with Crippen molar-refractivity contribution in [3.05, 3.63) is 34.9 Å². The summed E-state index contributed by atoms with van der Waals surface area (Å²) in [5.41, 5.74) is 1.01. The molecule has 0 radical (unpaired) electrons. The topological polar surface area (TPSA) is 20.3 Å². The molecule has 0 fully saturated rings. The second-order valence-corrected chi connectivity index (χ2v) is 4.85. The summed E-state index contributed by atoms with van der Waals surface area (Å²) in [6.45, 7) is 3.39. The number of hydrogen-bond acceptors (Lipinski definition) is 3. The first-order valence-corrected chi connectivity index (χ1v) is 6.41. The zero-order valence-electron chi connectivity index (χ0n) is 10.8. The molecule has 17 heavy (non-hydrogen) atoms. The van der Waals surface area contributed by atoms with Gasteiger partial charge in [0.1, 0.15) is 6.17 Å². The van der Waals surface area contributed by atoms with Crippen molar-refractivity contribution in [2.24, 2.45) is 0 Å². The third-order valence-electron chi connectivity index (χ3n) is 1.85. The highest BCUT2D eigenvalue weighted by molar-refractivity contribution is 8.04. The van der Waals surface area contributed by atoms with Crippen LogP contribution in [0.2, 0.25) is 0 Å². The number of rotatable bonds is 7. The van der Waals surface area contributed by atoms with Gasteiger partial charge in [-0.15, -0.1) is 11.8 Å². The van der Waals surface area contributed by atoms with Crippen molar-refractivity contribution in [2.45, 2.75) is 20.0 Å². The number of nitrogens with zero attached hydrogens (tertiary/aromatic N) is 1. The van der Waals surface area contributed by atoms with Gasteiger partial charge in [-0.1, -0.05) is 18.2 Å². The van der Waals surface area contributed by atoms with Crippen molar-refractivity contribution in [3.8, 4) is 0 Å². The lowest BCUT2D eigenvalue weighted by molar-refractivity contribution is -0.104. The van der Waals surface area contributed by atoms with Crippen LogP contribution in [0, 0.1) is 0 Å². The van der Waals surface area contributed by atoms with Crippen LogP contribution in [0.1, 0.15) is 13.8 Å². The first-order chi connectivity index (χ1) is 7.99. The minimum absolute atomic E-state index is 0.663. The molecule has 1 atom stereocenters. The fourth-order valence-corrected chi connectivity index (χ4v) is 1.96. The molecule has 0 aliphatic heterocycles. The Kier molecular flexibility index (Phi) is 8.50. The van der Waals surface area contributed by atoms with Gasteiger partial charge in [-0.05, 0) is 19.4 Å². The first kappa shape index (κ1) is 16.0. The molecule has 96 valence electrons. The van der Waals surface area contributed by atoms with Crippen LogP contribution in [-0.4, -0.2) is 37.2 Å². The summed E-state index contributed by atoms with van der Waals surface area (Å²) in [6, 6.07) is 0. The standard InChI is InChI=1S/C13H20FNOS/c1-5-12(7-6-11(2)14)10-17-13(9-16)8-15(3)4/h5-9,11H,10H2,1-4H3/b7-6-,12-5+,13-8-. The largest absolute Gasteiger partial charge is 0.382 e. The van der Waals surface area contributed by atoms with E-state index in [2.05, 4.69) is 0 Å². The number of halogens is 1. The minimum atomic E-state index is -0.946. The first-order valence-electron chi connectivity index (χ1n) is 5.43. The lowest BCUT2D eigenvalue weighted by atomic mass is 10.2. The molecule has 2 nitrogen and oxygen atoms in total. The number of carbonyl (C=O) groups excluding carboxylic acids is 1. The fourth-order valence-electron chi connectivity index (χ4n) is 1.01. The third-order valence-corrected chi connectivity index (χ3v) is 2.87.